The van der Waals surface area contributed by atoms with Crippen LogP contribution >= 0.6 is 0 Å². The van der Waals surface area contributed by atoms with Crippen LogP contribution in [-0.2, 0) is 9.53 Å². The van der Waals surface area contributed by atoms with Crippen LogP contribution in [0.15, 0.2) is 11.6 Å². The Morgan fingerprint density at radius 3 is 2.79 bits per heavy atom. The maximum Gasteiger partial charge on any atom is 0.328 e. The first kappa shape index (κ1) is 11.2. The third kappa shape index (κ3) is 4.39. The predicted molar refractivity (Wildman–Crippen MR) is 53.2 cm³/mol. The van der Waals surface area contributed by atoms with Gasteiger partial charge in [-0.2, -0.15) is 0 Å². The van der Waals surface area contributed by atoms with Crippen molar-refractivity contribution in [2.24, 2.45) is 0 Å². The number of hydrogen-bond acceptors (Lipinski definition) is 3. The molecule has 0 radical (unpaired) electrons. The van der Waals surface area contributed by atoms with Gasteiger partial charge < -0.3 is 15.2 Å². The smallest absolute Gasteiger partial charge is 0.328 e. The molecule has 0 bridgehead atoms. The van der Waals surface area contributed by atoms with Crippen LogP contribution in [0.1, 0.15) is 19.8 Å². The summed E-state index contributed by atoms with van der Waals surface area (Å²) in [4.78, 5) is 10.3. The molecule has 2 N–H and O–H groups in total. The van der Waals surface area contributed by atoms with Crippen molar-refractivity contribution >= 4 is 5.97 Å². The summed E-state index contributed by atoms with van der Waals surface area (Å²) in [5.74, 6) is -0.878. The number of carboxylic acid groups (broad SMARTS) is 1. The van der Waals surface area contributed by atoms with Crippen LogP contribution < -0.4 is 5.32 Å². The lowest BCUT2D eigenvalue weighted by molar-refractivity contribution is -0.131. The molecule has 0 aromatic carbocycles. The van der Waals surface area contributed by atoms with Gasteiger partial charge in [-0.15, -0.1) is 0 Å². The molecule has 0 spiro atoms. The van der Waals surface area contributed by atoms with Crippen molar-refractivity contribution in [1.29, 1.82) is 0 Å². The minimum Gasteiger partial charge on any atom is -0.478 e. The molecule has 0 aromatic heterocycles. The van der Waals surface area contributed by atoms with Crippen molar-refractivity contribution in [3.63, 3.8) is 0 Å². The second-order valence-corrected chi connectivity index (χ2v) is 3.60. The van der Waals surface area contributed by atoms with Crippen molar-refractivity contribution in [3.8, 4) is 0 Å². The summed E-state index contributed by atoms with van der Waals surface area (Å²) < 4.78 is 5.22. The van der Waals surface area contributed by atoms with Gasteiger partial charge in [0.15, 0.2) is 0 Å². The van der Waals surface area contributed by atoms with Gasteiger partial charge in [0.1, 0.15) is 0 Å². The summed E-state index contributed by atoms with van der Waals surface area (Å²) in [6.45, 7) is 4.08. The molecule has 0 saturated carbocycles. The molecule has 0 aliphatic carbocycles. The molecule has 1 heterocycles. The molecule has 1 aliphatic rings. The number of nitrogens with one attached hydrogen (secondary N) is 1. The zero-order valence-electron chi connectivity index (χ0n) is 8.45. The normalized spacial score (nSPS) is 19.6. The molecule has 0 amide bonds. The first-order valence-electron chi connectivity index (χ1n) is 4.89. The predicted octanol–water partition coefficient (Wildman–Crippen LogP) is 0.786. The van der Waals surface area contributed by atoms with E-state index in [-0.39, 0.29) is 0 Å². The SMILES string of the molecule is CC(=CC(=O)O)CNC1CCOCC1. The highest BCUT2D eigenvalue weighted by molar-refractivity contribution is 5.80. The van der Waals surface area contributed by atoms with E-state index in [1.165, 1.54) is 6.08 Å². The molecule has 4 nitrogen and oxygen atoms in total. The summed E-state index contributed by atoms with van der Waals surface area (Å²) in [6, 6.07) is 0.473. The zero-order valence-corrected chi connectivity index (χ0v) is 8.45. The molecule has 4 heteroatoms. The lowest BCUT2D eigenvalue weighted by Crippen LogP contribution is -2.35. The average molecular weight is 199 g/mol. The summed E-state index contributed by atoms with van der Waals surface area (Å²) in [5.41, 5.74) is 0.851. The van der Waals surface area contributed by atoms with Crippen LogP contribution in [0.5, 0.6) is 0 Å². The number of carboxylic acids is 1. The average Bonchev–Trinajstić information content (AvgIpc) is 2.15. The fourth-order valence-electron chi connectivity index (χ4n) is 1.47. The van der Waals surface area contributed by atoms with E-state index in [0.717, 1.165) is 31.6 Å². The Balaban J connectivity index is 2.21. The second-order valence-electron chi connectivity index (χ2n) is 3.60. The summed E-state index contributed by atoms with van der Waals surface area (Å²) in [5, 5.41) is 11.8. The standard InChI is InChI=1S/C10H17NO3/c1-8(6-10(12)13)7-11-9-2-4-14-5-3-9/h6,9,11H,2-5,7H2,1H3,(H,12,13). The van der Waals surface area contributed by atoms with E-state index in [0.29, 0.717) is 12.6 Å². The Kier molecular flexibility index (Phi) is 4.62. The maximum atomic E-state index is 10.3. The maximum absolute atomic E-state index is 10.3. The molecular weight excluding hydrogens is 182 g/mol. The largest absolute Gasteiger partial charge is 0.478 e. The van der Waals surface area contributed by atoms with Crippen LogP contribution in [-0.4, -0.2) is 36.9 Å². The lowest BCUT2D eigenvalue weighted by Gasteiger charge is -2.23. The number of aliphatic carboxylic acids is 1. The van der Waals surface area contributed by atoms with Gasteiger partial charge in [-0.05, 0) is 19.8 Å². The van der Waals surface area contributed by atoms with E-state index in [1.807, 2.05) is 6.92 Å². The van der Waals surface area contributed by atoms with Gasteiger partial charge in [-0.1, -0.05) is 5.57 Å². The van der Waals surface area contributed by atoms with Crippen molar-refractivity contribution < 1.29 is 14.6 Å². The molecule has 1 saturated heterocycles. The third-order valence-corrected chi connectivity index (χ3v) is 2.26. The van der Waals surface area contributed by atoms with Gasteiger partial charge in [0.05, 0.1) is 0 Å². The van der Waals surface area contributed by atoms with Crippen molar-refractivity contribution in [2.75, 3.05) is 19.8 Å². The Morgan fingerprint density at radius 2 is 2.21 bits per heavy atom. The van der Waals surface area contributed by atoms with E-state index < -0.39 is 5.97 Å². The Hall–Kier alpha value is -0.870. The highest BCUT2D eigenvalue weighted by atomic mass is 16.5. The van der Waals surface area contributed by atoms with E-state index in [2.05, 4.69) is 5.32 Å². The topological polar surface area (TPSA) is 58.6 Å². The minimum absolute atomic E-state index is 0.473. The molecule has 1 aliphatic heterocycles. The Bertz CT molecular complexity index is 219. The molecule has 1 fully saturated rings. The lowest BCUT2D eigenvalue weighted by atomic mass is 10.1. The van der Waals surface area contributed by atoms with Crippen LogP contribution in [0.2, 0.25) is 0 Å². The van der Waals surface area contributed by atoms with Gasteiger partial charge in [0.2, 0.25) is 0 Å². The van der Waals surface area contributed by atoms with Crippen LogP contribution in [0, 0.1) is 0 Å². The van der Waals surface area contributed by atoms with E-state index in [9.17, 15) is 4.79 Å². The number of ether oxygens (including phenoxy) is 1. The summed E-state index contributed by atoms with van der Waals surface area (Å²) >= 11 is 0. The van der Waals surface area contributed by atoms with Crippen molar-refractivity contribution in [2.45, 2.75) is 25.8 Å². The van der Waals surface area contributed by atoms with E-state index in [1.54, 1.807) is 0 Å². The number of hydrogen-bond donors (Lipinski definition) is 2. The molecular formula is C10H17NO3. The fraction of sp³-hybridized carbons (Fsp3) is 0.700. The number of carbonyl (C=O) groups is 1. The minimum atomic E-state index is -0.878. The molecule has 80 valence electrons. The van der Waals surface area contributed by atoms with E-state index in [4.69, 9.17) is 9.84 Å². The van der Waals surface area contributed by atoms with E-state index >= 15 is 0 Å². The Labute approximate surface area is 83.9 Å². The monoisotopic (exact) mass is 199 g/mol. The molecule has 0 unspecified atom stereocenters. The first-order valence-corrected chi connectivity index (χ1v) is 4.89. The van der Waals surface area contributed by atoms with Gasteiger partial charge in [0.25, 0.3) is 0 Å². The van der Waals surface area contributed by atoms with Crippen LogP contribution in [0.4, 0.5) is 0 Å². The molecule has 0 atom stereocenters. The highest BCUT2D eigenvalue weighted by Crippen LogP contribution is 2.06. The second kappa shape index (κ2) is 5.78. The van der Waals surface area contributed by atoms with Gasteiger partial charge >= 0.3 is 5.97 Å². The molecule has 14 heavy (non-hydrogen) atoms. The third-order valence-electron chi connectivity index (χ3n) is 2.26. The van der Waals surface area contributed by atoms with Crippen LogP contribution in [0.25, 0.3) is 0 Å². The summed E-state index contributed by atoms with van der Waals surface area (Å²) in [6.07, 6.45) is 3.27. The first-order chi connectivity index (χ1) is 6.68. The number of rotatable bonds is 4. The highest BCUT2D eigenvalue weighted by Gasteiger charge is 2.12. The van der Waals surface area contributed by atoms with Gasteiger partial charge in [-0.25, -0.2) is 4.79 Å². The van der Waals surface area contributed by atoms with Crippen molar-refractivity contribution in [1.82, 2.24) is 5.32 Å². The van der Waals surface area contributed by atoms with Gasteiger partial charge in [0, 0.05) is 31.9 Å². The summed E-state index contributed by atoms with van der Waals surface area (Å²) in [7, 11) is 0. The van der Waals surface area contributed by atoms with Gasteiger partial charge in [-0.3, -0.25) is 0 Å². The fourth-order valence-corrected chi connectivity index (χ4v) is 1.47. The zero-order chi connectivity index (χ0) is 10.4. The van der Waals surface area contributed by atoms with Crippen LogP contribution in [0.3, 0.4) is 0 Å². The molecule has 0 aromatic rings. The van der Waals surface area contributed by atoms with Crippen molar-refractivity contribution in [3.05, 3.63) is 11.6 Å². The quantitative estimate of drug-likeness (QED) is 0.657. The molecule has 1 rings (SSSR count). The Morgan fingerprint density at radius 1 is 1.57 bits per heavy atom.